The molecule has 0 aliphatic rings. The Bertz CT molecular complexity index is 436. The second-order valence-electron chi connectivity index (χ2n) is 10.2. The third kappa shape index (κ3) is 29.0. The number of rotatable bonds is 28. The van der Waals surface area contributed by atoms with Crippen LogP contribution in [0.25, 0.3) is 0 Å². The minimum Gasteiger partial charge on any atom is -0.481 e. The standard InChI is InChI=1S/C30H58O4/c1-2-3-4-5-6-7-8-9-10-11-12-13-14-15-16-17-18-19-20-21-22-25-28-34-30(33)27-24-23-26-29(31)32/h2-28H2,1H3,(H,31,32). The van der Waals surface area contributed by atoms with Gasteiger partial charge in [0.15, 0.2) is 0 Å². The van der Waals surface area contributed by atoms with Gasteiger partial charge in [-0.3, -0.25) is 9.59 Å². The molecule has 0 aromatic rings. The number of carbonyl (C=O) groups excluding carboxylic acids is 1. The molecule has 1 N–H and O–H groups in total. The van der Waals surface area contributed by atoms with Crippen molar-refractivity contribution < 1.29 is 19.4 Å². The van der Waals surface area contributed by atoms with Crippen molar-refractivity contribution in [2.45, 2.75) is 174 Å². The molecule has 0 unspecified atom stereocenters. The van der Waals surface area contributed by atoms with Crippen LogP contribution >= 0.6 is 0 Å². The summed E-state index contributed by atoms with van der Waals surface area (Å²) in [7, 11) is 0. The molecular weight excluding hydrogens is 424 g/mol. The number of ether oxygens (including phenoxy) is 1. The van der Waals surface area contributed by atoms with Crippen molar-refractivity contribution in [1.29, 1.82) is 0 Å². The Hall–Kier alpha value is -1.06. The van der Waals surface area contributed by atoms with E-state index in [0.29, 0.717) is 25.9 Å². The van der Waals surface area contributed by atoms with Crippen LogP contribution in [0.5, 0.6) is 0 Å². The second kappa shape index (κ2) is 28.2. The van der Waals surface area contributed by atoms with Gasteiger partial charge in [-0.1, -0.05) is 142 Å². The van der Waals surface area contributed by atoms with Crippen LogP contribution in [-0.2, 0) is 14.3 Å². The Morgan fingerprint density at radius 1 is 0.471 bits per heavy atom. The number of hydrogen-bond donors (Lipinski definition) is 1. The highest BCUT2D eigenvalue weighted by atomic mass is 16.5. The molecule has 0 rings (SSSR count). The van der Waals surface area contributed by atoms with Crippen LogP contribution in [0.1, 0.15) is 174 Å². The third-order valence-corrected chi connectivity index (χ3v) is 6.78. The normalized spacial score (nSPS) is 11.1. The molecule has 0 heterocycles. The fraction of sp³-hybridized carbons (Fsp3) is 0.933. The smallest absolute Gasteiger partial charge is 0.305 e. The summed E-state index contributed by atoms with van der Waals surface area (Å²) in [4.78, 5) is 21.9. The van der Waals surface area contributed by atoms with Crippen LogP contribution in [0, 0.1) is 0 Å². The van der Waals surface area contributed by atoms with Gasteiger partial charge in [0.2, 0.25) is 0 Å². The van der Waals surface area contributed by atoms with Crippen molar-refractivity contribution in [2.75, 3.05) is 6.61 Å². The maximum atomic E-state index is 11.5. The minimum absolute atomic E-state index is 0.132. The first-order chi connectivity index (χ1) is 16.7. The Morgan fingerprint density at radius 3 is 1.15 bits per heavy atom. The number of carboxylic acids is 1. The maximum Gasteiger partial charge on any atom is 0.305 e. The molecule has 4 heteroatoms. The Balaban J connectivity index is 3.10. The molecule has 0 aliphatic heterocycles. The van der Waals surface area contributed by atoms with Gasteiger partial charge in [-0.15, -0.1) is 0 Å². The third-order valence-electron chi connectivity index (χ3n) is 6.78. The summed E-state index contributed by atoms with van der Waals surface area (Å²) in [6, 6.07) is 0. The SMILES string of the molecule is CCCCCCCCCCCCCCCCCCCCCCCCOC(=O)CCCCC(=O)O. The van der Waals surface area contributed by atoms with E-state index < -0.39 is 5.97 Å². The number of carboxylic acid groups (broad SMARTS) is 1. The molecule has 202 valence electrons. The minimum atomic E-state index is -0.803. The zero-order valence-electron chi connectivity index (χ0n) is 22.8. The summed E-state index contributed by atoms with van der Waals surface area (Å²) in [6.07, 6.45) is 31.8. The van der Waals surface area contributed by atoms with E-state index in [1.165, 1.54) is 128 Å². The lowest BCUT2D eigenvalue weighted by molar-refractivity contribution is -0.144. The summed E-state index contributed by atoms with van der Waals surface area (Å²) >= 11 is 0. The zero-order valence-corrected chi connectivity index (χ0v) is 22.8. The number of esters is 1. The summed E-state index contributed by atoms with van der Waals surface area (Å²) < 4.78 is 5.21. The average Bonchev–Trinajstić information content (AvgIpc) is 2.82. The Kier molecular flexibility index (Phi) is 27.3. The van der Waals surface area contributed by atoms with E-state index in [9.17, 15) is 9.59 Å². The molecule has 0 bridgehead atoms. The zero-order chi connectivity index (χ0) is 25.0. The Labute approximate surface area is 212 Å². The lowest BCUT2D eigenvalue weighted by Gasteiger charge is -2.05. The molecule has 0 fully saturated rings. The fourth-order valence-corrected chi connectivity index (χ4v) is 4.51. The van der Waals surface area contributed by atoms with Gasteiger partial charge in [0, 0.05) is 12.8 Å². The topological polar surface area (TPSA) is 63.6 Å². The van der Waals surface area contributed by atoms with Crippen LogP contribution < -0.4 is 0 Å². The summed E-state index contributed by atoms with van der Waals surface area (Å²) in [6.45, 7) is 2.80. The molecule has 0 aromatic carbocycles. The summed E-state index contributed by atoms with van der Waals surface area (Å²) in [5, 5.41) is 8.56. The van der Waals surface area contributed by atoms with Crippen LogP contribution in [0.4, 0.5) is 0 Å². The first-order valence-corrected chi connectivity index (χ1v) is 15.0. The van der Waals surface area contributed by atoms with E-state index >= 15 is 0 Å². The van der Waals surface area contributed by atoms with Gasteiger partial charge >= 0.3 is 11.9 Å². The average molecular weight is 483 g/mol. The van der Waals surface area contributed by atoms with Crippen LogP contribution in [0.15, 0.2) is 0 Å². The highest BCUT2D eigenvalue weighted by Crippen LogP contribution is 2.15. The van der Waals surface area contributed by atoms with Crippen LogP contribution in [0.2, 0.25) is 0 Å². The lowest BCUT2D eigenvalue weighted by atomic mass is 10.0. The molecular formula is C30H58O4. The highest BCUT2D eigenvalue weighted by Gasteiger charge is 2.04. The molecule has 4 nitrogen and oxygen atoms in total. The quantitative estimate of drug-likeness (QED) is 0.0890. The van der Waals surface area contributed by atoms with E-state index in [1.54, 1.807) is 0 Å². The molecule has 0 spiro atoms. The monoisotopic (exact) mass is 482 g/mol. The second-order valence-corrected chi connectivity index (χ2v) is 10.2. The number of carbonyl (C=O) groups is 2. The van der Waals surface area contributed by atoms with Gasteiger partial charge in [0.25, 0.3) is 0 Å². The van der Waals surface area contributed by atoms with Crippen molar-refractivity contribution in [2.24, 2.45) is 0 Å². The van der Waals surface area contributed by atoms with Crippen molar-refractivity contribution in [3.05, 3.63) is 0 Å². The van der Waals surface area contributed by atoms with Gasteiger partial charge in [0.1, 0.15) is 0 Å². The number of unbranched alkanes of at least 4 members (excludes halogenated alkanes) is 22. The van der Waals surface area contributed by atoms with Gasteiger partial charge in [0.05, 0.1) is 6.61 Å². The van der Waals surface area contributed by atoms with Crippen LogP contribution in [0.3, 0.4) is 0 Å². The molecule has 0 aromatic heterocycles. The summed E-state index contributed by atoms with van der Waals surface area (Å²) in [5.41, 5.74) is 0. The fourth-order valence-electron chi connectivity index (χ4n) is 4.51. The molecule has 34 heavy (non-hydrogen) atoms. The molecule has 0 saturated heterocycles. The molecule has 0 atom stereocenters. The van der Waals surface area contributed by atoms with E-state index in [0.717, 1.165) is 12.8 Å². The van der Waals surface area contributed by atoms with Crippen molar-refractivity contribution in [3.8, 4) is 0 Å². The first kappa shape index (κ1) is 32.9. The van der Waals surface area contributed by atoms with Gasteiger partial charge < -0.3 is 9.84 Å². The van der Waals surface area contributed by atoms with Crippen LogP contribution in [-0.4, -0.2) is 23.7 Å². The van der Waals surface area contributed by atoms with Crippen molar-refractivity contribution in [1.82, 2.24) is 0 Å². The van der Waals surface area contributed by atoms with Crippen molar-refractivity contribution >= 4 is 11.9 Å². The van der Waals surface area contributed by atoms with E-state index in [1.807, 2.05) is 0 Å². The van der Waals surface area contributed by atoms with E-state index in [-0.39, 0.29) is 12.4 Å². The predicted octanol–water partition coefficient (Wildman–Crippen LogP) is 9.78. The first-order valence-electron chi connectivity index (χ1n) is 15.0. The maximum absolute atomic E-state index is 11.5. The number of aliphatic carboxylic acids is 1. The molecule has 0 radical (unpaired) electrons. The van der Waals surface area contributed by atoms with Gasteiger partial charge in [-0.2, -0.15) is 0 Å². The Morgan fingerprint density at radius 2 is 0.794 bits per heavy atom. The highest BCUT2D eigenvalue weighted by molar-refractivity contribution is 5.69. The molecule has 0 aliphatic carbocycles. The van der Waals surface area contributed by atoms with E-state index in [2.05, 4.69) is 6.92 Å². The van der Waals surface area contributed by atoms with Crippen molar-refractivity contribution in [3.63, 3.8) is 0 Å². The summed E-state index contributed by atoms with van der Waals surface area (Å²) in [5.74, 6) is -0.989. The van der Waals surface area contributed by atoms with Gasteiger partial charge in [-0.05, 0) is 19.3 Å². The molecule has 0 saturated carbocycles. The van der Waals surface area contributed by atoms with E-state index in [4.69, 9.17) is 9.84 Å². The van der Waals surface area contributed by atoms with Gasteiger partial charge in [-0.25, -0.2) is 0 Å². The lowest BCUT2D eigenvalue weighted by Crippen LogP contribution is -2.06. The largest absolute Gasteiger partial charge is 0.481 e. The molecule has 0 amide bonds. The number of hydrogen-bond acceptors (Lipinski definition) is 3. The predicted molar refractivity (Wildman–Crippen MR) is 144 cm³/mol.